The molecule has 0 aliphatic rings. The number of aliphatic carboxylic acids is 1. The minimum atomic E-state index is -1.07. The quantitative estimate of drug-likeness (QED) is 0.360. The molecule has 1 atom stereocenters. The topological polar surface area (TPSA) is 119 Å². The number of halogens is 2. The maximum atomic E-state index is 11.9. The molecule has 0 unspecified atom stereocenters. The van der Waals surface area contributed by atoms with Crippen LogP contribution in [-0.2, 0) is 11.2 Å². The lowest BCUT2D eigenvalue weighted by atomic mass is 10.0. The Morgan fingerprint density at radius 1 is 0.971 bits per heavy atom. The highest BCUT2D eigenvalue weighted by Gasteiger charge is 2.21. The summed E-state index contributed by atoms with van der Waals surface area (Å²) in [5.41, 5.74) is 2.82. The summed E-state index contributed by atoms with van der Waals surface area (Å²) >= 11 is 12.6. The van der Waals surface area contributed by atoms with Gasteiger partial charge < -0.3 is 19.9 Å². The second-order valence-electron chi connectivity index (χ2n) is 7.19. The van der Waals surface area contributed by atoms with E-state index in [1.807, 2.05) is 30.3 Å². The van der Waals surface area contributed by atoms with Crippen LogP contribution in [0.5, 0.6) is 12.0 Å². The average molecular weight is 500 g/mol. The number of aromatic nitrogens is 4. The van der Waals surface area contributed by atoms with Crippen LogP contribution in [0.1, 0.15) is 5.56 Å². The Hall–Kier alpha value is -3.69. The predicted octanol–water partition coefficient (Wildman–Crippen LogP) is 4.52. The van der Waals surface area contributed by atoms with Crippen molar-refractivity contribution < 1.29 is 19.4 Å². The van der Waals surface area contributed by atoms with Gasteiger partial charge in [-0.1, -0.05) is 41.4 Å². The number of carboxylic acids is 1. The molecule has 0 amide bonds. The molecule has 2 heterocycles. The number of methoxy groups -OCH3 is 2. The SMILES string of the molecule is COc1nc(N[C@@H](Cc2ccc3nc(-c4c(Cl)cccc4Cl)ccc3c2)C(=O)O)nc(OC)n1. The van der Waals surface area contributed by atoms with Gasteiger partial charge in [0.2, 0.25) is 5.95 Å². The number of nitrogens with zero attached hydrogens (tertiary/aromatic N) is 4. The molecule has 4 rings (SSSR count). The summed E-state index contributed by atoms with van der Waals surface area (Å²) in [5, 5.41) is 14.4. The fourth-order valence-corrected chi connectivity index (χ4v) is 3.95. The highest BCUT2D eigenvalue weighted by atomic mass is 35.5. The van der Waals surface area contributed by atoms with E-state index in [0.29, 0.717) is 21.3 Å². The monoisotopic (exact) mass is 499 g/mol. The van der Waals surface area contributed by atoms with Crippen LogP contribution in [0.15, 0.2) is 48.5 Å². The average Bonchev–Trinajstić information content (AvgIpc) is 2.83. The number of hydrogen-bond acceptors (Lipinski definition) is 8. The number of hydrogen-bond donors (Lipinski definition) is 2. The van der Waals surface area contributed by atoms with Gasteiger partial charge in [-0.3, -0.25) is 0 Å². The molecule has 0 bridgehead atoms. The molecular formula is C23H19Cl2N5O4. The Kier molecular flexibility index (Phi) is 6.95. The molecule has 0 saturated carbocycles. The number of rotatable bonds is 8. The molecule has 0 aliphatic heterocycles. The Balaban J connectivity index is 1.59. The number of pyridine rings is 1. The van der Waals surface area contributed by atoms with Gasteiger partial charge in [-0.2, -0.15) is 9.97 Å². The van der Waals surface area contributed by atoms with Gasteiger partial charge in [0.15, 0.2) is 0 Å². The number of anilines is 1. The van der Waals surface area contributed by atoms with Crippen molar-refractivity contribution in [1.29, 1.82) is 0 Å². The third kappa shape index (κ3) is 5.11. The van der Waals surface area contributed by atoms with Crippen molar-refractivity contribution in [3.8, 4) is 23.3 Å². The van der Waals surface area contributed by atoms with Crippen molar-refractivity contribution in [3.05, 3.63) is 64.1 Å². The Morgan fingerprint density at radius 2 is 1.65 bits per heavy atom. The Labute approximate surface area is 204 Å². The molecule has 4 aromatic rings. The van der Waals surface area contributed by atoms with Crippen LogP contribution in [-0.4, -0.2) is 51.3 Å². The van der Waals surface area contributed by atoms with E-state index in [4.69, 9.17) is 32.7 Å². The molecule has 34 heavy (non-hydrogen) atoms. The number of ether oxygens (including phenoxy) is 2. The van der Waals surface area contributed by atoms with Crippen LogP contribution in [0.4, 0.5) is 5.95 Å². The van der Waals surface area contributed by atoms with E-state index in [2.05, 4.69) is 25.3 Å². The van der Waals surface area contributed by atoms with E-state index < -0.39 is 12.0 Å². The van der Waals surface area contributed by atoms with Crippen molar-refractivity contribution in [1.82, 2.24) is 19.9 Å². The van der Waals surface area contributed by atoms with Gasteiger partial charge in [0.25, 0.3) is 0 Å². The van der Waals surface area contributed by atoms with Crippen molar-refractivity contribution in [2.24, 2.45) is 0 Å². The molecular weight excluding hydrogens is 481 g/mol. The van der Waals surface area contributed by atoms with Gasteiger partial charge in [-0.25, -0.2) is 9.78 Å². The highest BCUT2D eigenvalue weighted by molar-refractivity contribution is 6.39. The van der Waals surface area contributed by atoms with Crippen molar-refractivity contribution in [2.75, 3.05) is 19.5 Å². The summed E-state index contributed by atoms with van der Waals surface area (Å²) in [7, 11) is 2.78. The smallest absolute Gasteiger partial charge is 0.326 e. The summed E-state index contributed by atoms with van der Waals surface area (Å²) in [5.74, 6) is -1.04. The molecule has 0 aliphatic carbocycles. The first-order valence-corrected chi connectivity index (χ1v) is 10.8. The van der Waals surface area contributed by atoms with Gasteiger partial charge in [-0.05, 0) is 35.9 Å². The largest absolute Gasteiger partial charge is 0.480 e. The second kappa shape index (κ2) is 10.1. The maximum absolute atomic E-state index is 11.9. The van der Waals surface area contributed by atoms with Crippen LogP contribution in [0.25, 0.3) is 22.2 Å². The molecule has 2 aromatic heterocycles. The molecule has 0 saturated heterocycles. The maximum Gasteiger partial charge on any atom is 0.326 e. The summed E-state index contributed by atoms with van der Waals surface area (Å²) in [6.45, 7) is 0. The molecule has 2 N–H and O–H groups in total. The predicted molar refractivity (Wildman–Crippen MR) is 129 cm³/mol. The normalized spacial score (nSPS) is 11.8. The molecule has 11 heteroatoms. The first-order chi connectivity index (χ1) is 16.4. The number of carboxylic acid groups (broad SMARTS) is 1. The van der Waals surface area contributed by atoms with E-state index in [-0.39, 0.29) is 24.4 Å². The van der Waals surface area contributed by atoms with Crippen LogP contribution < -0.4 is 14.8 Å². The van der Waals surface area contributed by atoms with Gasteiger partial charge in [0, 0.05) is 17.4 Å². The lowest BCUT2D eigenvalue weighted by Gasteiger charge is -2.15. The van der Waals surface area contributed by atoms with Crippen molar-refractivity contribution in [3.63, 3.8) is 0 Å². The number of carbonyl (C=O) groups is 1. The van der Waals surface area contributed by atoms with Crippen LogP contribution in [0.3, 0.4) is 0 Å². The van der Waals surface area contributed by atoms with E-state index >= 15 is 0 Å². The fraction of sp³-hybridized carbons (Fsp3) is 0.174. The summed E-state index contributed by atoms with van der Waals surface area (Å²) in [6.07, 6.45) is 0.166. The van der Waals surface area contributed by atoms with Crippen LogP contribution in [0.2, 0.25) is 10.0 Å². The number of nitrogens with one attached hydrogen (secondary N) is 1. The zero-order chi connectivity index (χ0) is 24.2. The summed E-state index contributed by atoms with van der Waals surface area (Å²) in [4.78, 5) is 28.6. The molecule has 0 fully saturated rings. The van der Waals surface area contributed by atoms with Crippen molar-refractivity contribution >= 4 is 46.0 Å². The van der Waals surface area contributed by atoms with E-state index in [9.17, 15) is 9.90 Å². The van der Waals surface area contributed by atoms with Crippen molar-refractivity contribution in [2.45, 2.75) is 12.5 Å². The Morgan fingerprint density at radius 3 is 2.26 bits per heavy atom. The number of benzene rings is 2. The van der Waals surface area contributed by atoms with Gasteiger partial charge in [0.05, 0.1) is 35.5 Å². The number of fused-ring (bicyclic) bond motifs is 1. The molecule has 0 radical (unpaired) electrons. The van der Waals surface area contributed by atoms with Crippen LogP contribution in [0, 0.1) is 0 Å². The zero-order valence-corrected chi connectivity index (χ0v) is 19.6. The third-order valence-corrected chi connectivity index (χ3v) is 5.60. The van der Waals surface area contributed by atoms with E-state index in [1.54, 1.807) is 18.2 Å². The molecule has 9 nitrogen and oxygen atoms in total. The minimum Gasteiger partial charge on any atom is -0.480 e. The van der Waals surface area contributed by atoms with Crippen LogP contribution >= 0.6 is 23.2 Å². The van der Waals surface area contributed by atoms with Gasteiger partial charge >= 0.3 is 18.0 Å². The zero-order valence-electron chi connectivity index (χ0n) is 18.1. The standard InChI is InChI=1S/C23H19Cl2N5O4/c1-33-22-28-21(29-23(30-22)34-2)27-18(20(31)32)11-12-6-8-16-13(10-12)7-9-17(26-16)19-14(24)4-3-5-15(19)25/h3-10,18H,11H2,1-2H3,(H,31,32)(H,27,28,29,30)/t18-/m0/s1. The fourth-order valence-electron chi connectivity index (χ4n) is 3.36. The first-order valence-electron chi connectivity index (χ1n) is 10.1. The summed E-state index contributed by atoms with van der Waals surface area (Å²) < 4.78 is 10.0. The second-order valence-corrected chi connectivity index (χ2v) is 8.01. The lowest BCUT2D eigenvalue weighted by Crippen LogP contribution is -2.32. The third-order valence-electron chi connectivity index (χ3n) is 4.97. The van der Waals surface area contributed by atoms with E-state index in [0.717, 1.165) is 16.5 Å². The molecule has 2 aromatic carbocycles. The highest BCUT2D eigenvalue weighted by Crippen LogP contribution is 2.34. The lowest BCUT2D eigenvalue weighted by molar-refractivity contribution is -0.137. The van der Waals surface area contributed by atoms with Gasteiger partial charge in [0.1, 0.15) is 6.04 Å². The van der Waals surface area contributed by atoms with E-state index in [1.165, 1.54) is 14.2 Å². The molecule has 174 valence electrons. The minimum absolute atomic E-state index is 0.00435. The van der Waals surface area contributed by atoms with Gasteiger partial charge in [-0.15, -0.1) is 4.98 Å². The summed E-state index contributed by atoms with van der Waals surface area (Å²) in [6, 6.07) is 13.5. The first kappa shape index (κ1) is 23.5. The molecule has 0 spiro atoms. The Bertz CT molecular complexity index is 1330.